The van der Waals surface area contributed by atoms with Gasteiger partial charge in [-0.1, -0.05) is 29.3 Å². The van der Waals surface area contributed by atoms with E-state index in [1.807, 2.05) is 0 Å². The second-order valence-electron chi connectivity index (χ2n) is 7.79. The molecular formula is C27H21Cl2NO9. The van der Waals surface area contributed by atoms with E-state index in [9.17, 15) is 29.1 Å². The number of anilines is 1. The van der Waals surface area contributed by atoms with E-state index in [1.165, 1.54) is 72.8 Å². The molecule has 39 heavy (non-hydrogen) atoms. The first kappa shape index (κ1) is 29.2. The Hall–Kier alpha value is -4.41. The van der Waals surface area contributed by atoms with E-state index in [0.29, 0.717) is 10.0 Å². The maximum Gasteiger partial charge on any atom is 0.349 e. The van der Waals surface area contributed by atoms with Crippen LogP contribution in [0.15, 0.2) is 72.8 Å². The molecule has 12 heteroatoms. The fourth-order valence-electron chi connectivity index (χ4n) is 3.18. The molecule has 0 saturated heterocycles. The van der Waals surface area contributed by atoms with Crippen molar-refractivity contribution in [1.82, 2.24) is 0 Å². The molecule has 0 aliphatic carbocycles. The third-order valence-corrected chi connectivity index (χ3v) is 5.55. The van der Waals surface area contributed by atoms with Crippen molar-refractivity contribution in [2.75, 3.05) is 11.9 Å². The topological polar surface area (TPSA) is 145 Å². The van der Waals surface area contributed by atoms with Crippen LogP contribution in [0.1, 0.15) is 38.0 Å². The number of halogens is 2. The first-order valence-corrected chi connectivity index (χ1v) is 12.1. The van der Waals surface area contributed by atoms with Crippen molar-refractivity contribution in [3.8, 4) is 0 Å². The molecule has 10 nitrogen and oxygen atoms in total. The summed E-state index contributed by atoms with van der Waals surface area (Å²) in [6.07, 6.45) is -4.40. The Morgan fingerprint density at radius 2 is 1.26 bits per heavy atom. The van der Waals surface area contributed by atoms with Crippen molar-refractivity contribution < 1.29 is 43.3 Å². The fourth-order valence-corrected chi connectivity index (χ4v) is 3.44. The minimum Gasteiger partial charge on any atom is -0.478 e. The standard InChI is InChI=1S/C27H21Cl2NO9/c1-2-37-25(34)17-4-3-5-20(14-17)30-23(31)21(38-26(35)15-6-10-18(28)11-7-15)22(24(32)33)39-27(36)16-8-12-19(29)13-9-16/h3-14,21-22H,2H2,1H3,(H,30,31)(H,32,33)/t21-,22+/m1/s1. The van der Waals surface area contributed by atoms with Crippen molar-refractivity contribution in [3.63, 3.8) is 0 Å². The summed E-state index contributed by atoms with van der Waals surface area (Å²) in [5.74, 6) is -5.75. The predicted molar refractivity (Wildman–Crippen MR) is 140 cm³/mol. The molecular weight excluding hydrogens is 553 g/mol. The van der Waals surface area contributed by atoms with Crippen LogP contribution in [0.4, 0.5) is 5.69 Å². The van der Waals surface area contributed by atoms with Crippen molar-refractivity contribution >= 4 is 58.7 Å². The normalized spacial score (nSPS) is 12.0. The number of amides is 1. The lowest BCUT2D eigenvalue weighted by molar-refractivity contribution is -0.157. The van der Waals surface area contributed by atoms with Crippen LogP contribution in [0.3, 0.4) is 0 Å². The highest BCUT2D eigenvalue weighted by atomic mass is 35.5. The van der Waals surface area contributed by atoms with E-state index in [2.05, 4.69) is 5.32 Å². The molecule has 0 radical (unpaired) electrons. The van der Waals surface area contributed by atoms with Gasteiger partial charge < -0.3 is 24.6 Å². The smallest absolute Gasteiger partial charge is 0.349 e. The molecule has 1 amide bonds. The van der Waals surface area contributed by atoms with Crippen molar-refractivity contribution in [2.24, 2.45) is 0 Å². The summed E-state index contributed by atoms with van der Waals surface area (Å²) in [5, 5.41) is 12.9. The molecule has 0 aromatic heterocycles. The average molecular weight is 574 g/mol. The molecule has 2 atom stereocenters. The van der Waals surface area contributed by atoms with Crippen molar-refractivity contribution in [3.05, 3.63) is 99.5 Å². The average Bonchev–Trinajstić information content (AvgIpc) is 2.91. The highest BCUT2D eigenvalue weighted by Gasteiger charge is 2.41. The molecule has 0 spiro atoms. The van der Waals surface area contributed by atoms with Gasteiger partial charge in [-0.2, -0.15) is 0 Å². The molecule has 3 aromatic rings. The lowest BCUT2D eigenvalue weighted by Gasteiger charge is -2.23. The summed E-state index contributed by atoms with van der Waals surface area (Å²) < 4.78 is 15.3. The number of carboxylic acids is 1. The van der Waals surface area contributed by atoms with Gasteiger partial charge in [-0.3, -0.25) is 4.79 Å². The van der Waals surface area contributed by atoms with E-state index in [4.69, 9.17) is 37.4 Å². The number of ether oxygens (including phenoxy) is 3. The Balaban J connectivity index is 1.92. The summed E-state index contributed by atoms with van der Waals surface area (Å²) in [6, 6.07) is 16.3. The van der Waals surface area contributed by atoms with Crippen LogP contribution in [0.5, 0.6) is 0 Å². The second kappa shape index (κ2) is 13.4. The van der Waals surface area contributed by atoms with Crippen LogP contribution >= 0.6 is 23.2 Å². The molecule has 0 unspecified atom stereocenters. The largest absolute Gasteiger partial charge is 0.478 e. The van der Waals surface area contributed by atoms with E-state index in [0.717, 1.165) is 0 Å². The van der Waals surface area contributed by atoms with Crippen LogP contribution < -0.4 is 5.32 Å². The molecule has 2 N–H and O–H groups in total. The van der Waals surface area contributed by atoms with Gasteiger partial charge in [0.2, 0.25) is 12.2 Å². The molecule has 0 fully saturated rings. The Kier molecular flexibility index (Phi) is 10.0. The zero-order valence-corrected chi connectivity index (χ0v) is 21.8. The minimum absolute atomic E-state index is 0.0466. The number of carboxylic acid groups (broad SMARTS) is 1. The number of carbonyl (C=O) groups is 5. The fraction of sp³-hybridized carbons (Fsp3) is 0.148. The van der Waals surface area contributed by atoms with Gasteiger partial charge in [-0.25, -0.2) is 19.2 Å². The molecule has 0 saturated carbocycles. The minimum atomic E-state index is -2.25. The van der Waals surface area contributed by atoms with Gasteiger partial charge in [0.1, 0.15) is 0 Å². The van der Waals surface area contributed by atoms with Gasteiger partial charge in [0.15, 0.2) is 0 Å². The zero-order chi connectivity index (χ0) is 28.5. The third-order valence-electron chi connectivity index (χ3n) is 5.05. The van der Waals surface area contributed by atoms with Crippen LogP contribution in [-0.4, -0.2) is 53.7 Å². The van der Waals surface area contributed by atoms with Crippen molar-refractivity contribution in [1.29, 1.82) is 0 Å². The molecule has 0 aliphatic heterocycles. The summed E-state index contributed by atoms with van der Waals surface area (Å²) in [7, 11) is 0. The van der Waals surface area contributed by atoms with E-state index in [1.54, 1.807) is 6.92 Å². The molecule has 3 aromatic carbocycles. The summed E-state index contributed by atoms with van der Waals surface area (Å²) in [5.41, 5.74) is 0.0604. The number of hydrogen-bond donors (Lipinski definition) is 2. The number of nitrogens with one attached hydrogen (secondary N) is 1. The van der Waals surface area contributed by atoms with Crippen LogP contribution in [0.25, 0.3) is 0 Å². The third kappa shape index (κ3) is 8.03. The maximum absolute atomic E-state index is 13.3. The van der Waals surface area contributed by atoms with Crippen LogP contribution in [0, 0.1) is 0 Å². The summed E-state index contributed by atoms with van der Waals surface area (Å²) >= 11 is 11.7. The Morgan fingerprint density at radius 3 is 1.74 bits per heavy atom. The monoisotopic (exact) mass is 573 g/mol. The van der Waals surface area contributed by atoms with E-state index >= 15 is 0 Å². The van der Waals surface area contributed by atoms with Gasteiger partial charge in [0, 0.05) is 15.7 Å². The summed E-state index contributed by atoms with van der Waals surface area (Å²) in [6.45, 7) is 1.75. The molecule has 0 heterocycles. The number of esters is 3. The number of rotatable bonds is 10. The number of hydrogen-bond acceptors (Lipinski definition) is 8. The highest BCUT2D eigenvalue weighted by Crippen LogP contribution is 2.19. The SMILES string of the molecule is CCOC(=O)c1cccc(NC(=O)[C@H](OC(=O)c2ccc(Cl)cc2)[C@H](OC(=O)c2ccc(Cl)cc2)C(=O)O)c1. The Labute approximate surface area is 232 Å². The van der Waals surface area contributed by atoms with Gasteiger partial charge >= 0.3 is 23.9 Å². The quantitative estimate of drug-likeness (QED) is 0.261. The lowest BCUT2D eigenvalue weighted by Crippen LogP contribution is -2.48. The first-order valence-electron chi connectivity index (χ1n) is 11.3. The summed E-state index contributed by atoms with van der Waals surface area (Å²) in [4.78, 5) is 62.9. The van der Waals surface area contributed by atoms with Gasteiger partial charge in [0.05, 0.1) is 23.3 Å². The molecule has 0 aliphatic rings. The second-order valence-corrected chi connectivity index (χ2v) is 8.67. The Bertz CT molecular complexity index is 1370. The van der Waals surface area contributed by atoms with Crippen LogP contribution in [-0.2, 0) is 23.8 Å². The van der Waals surface area contributed by atoms with Crippen molar-refractivity contribution in [2.45, 2.75) is 19.1 Å². The number of aliphatic carboxylic acids is 1. The maximum atomic E-state index is 13.3. The molecule has 3 rings (SSSR count). The van der Waals surface area contributed by atoms with Gasteiger partial charge in [-0.05, 0) is 73.7 Å². The first-order chi connectivity index (χ1) is 18.6. The van der Waals surface area contributed by atoms with E-state index in [-0.39, 0.29) is 29.0 Å². The molecule has 0 bridgehead atoms. The van der Waals surface area contributed by atoms with E-state index < -0.39 is 42.0 Å². The molecule has 202 valence electrons. The zero-order valence-electron chi connectivity index (χ0n) is 20.3. The number of carbonyl (C=O) groups excluding carboxylic acids is 4. The Morgan fingerprint density at radius 1 is 0.744 bits per heavy atom. The highest BCUT2D eigenvalue weighted by molar-refractivity contribution is 6.31. The number of benzene rings is 3. The van der Waals surface area contributed by atoms with Gasteiger partial charge in [-0.15, -0.1) is 0 Å². The van der Waals surface area contributed by atoms with Gasteiger partial charge in [0.25, 0.3) is 5.91 Å². The van der Waals surface area contributed by atoms with Crippen LogP contribution in [0.2, 0.25) is 10.0 Å². The lowest BCUT2D eigenvalue weighted by atomic mass is 10.1. The predicted octanol–water partition coefficient (Wildman–Crippen LogP) is 4.64.